The van der Waals surface area contributed by atoms with Crippen molar-refractivity contribution in [3.63, 3.8) is 0 Å². The van der Waals surface area contributed by atoms with Crippen molar-refractivity contribution in [1.82, 2.24) is 0 Å². The van der Waals surface area contributed by atoms with E-state index in [0.717, 1.165) is 31.7 Å². The van der Waals surface area contributed by atoms with Gasteiger partial charge in [0.05, 0.1) is 18.9 Å². The van der Waals surface area contributed by atoms with Crippen molar-refractivity contribution < 1.29 is 18.3 Å². The van der Waals surface area contributed by atoms with E-state index in [0.29, 0.717) is 13.2 Å². The number of benzene rings is 1. The van der Waals surface area contributed by atoms with Gasteiger partial charge in [0, 0.05) is 18.9 Å². The molecule has 1 aliphatic carbocycles. The van der Waals surface area contributed by atoms with E-state index in [2.05, 4.69) is 5.32 Å². The Labute approximate surface area is 110 Å². The van der Waals surface area contributed by atoms with Crippen LogP contribution < -0.4 is 5.32 Å². The Morgan fingerprint density at radius 3 is 2.47 bits per heavy atom. The maximum Gasteiger partial charge on any atom is 0.181 e. The Balaban J connectivity index is 1.61. The molecule has 0 bridgehead atoms. The normalized spacial score (nSPS) is 22.8. The van der Waals surface area contributed by atoms with E-state index in [9.17, 15) is 8.78 Å². The molecule has 0 unspecified atom stereocenters. The number of anilines is 1. The number of nitrogens with one attached hydrogen (secondary N) is 1. The summed E-state index contributed by atoms with van der Waals surface area (Å²) in [5.74, 6) is -2.05. The van der Waals surface area contributed by atoms with Crippen molar-refractivity contribution >= 4 is 5.69 Å². The molecule has 1 aliphatic heterocycles. The highest BCUT2D eigenvalue weighted by Crippen LogP contribution is 2.36. The molecule has 0 aromatic heterocycles. The molecule has 1 aromatic carbocycles. The molecule has 104 valence electrons. The van der Waals surface area contributed by atoms with E-state index < -0.39 is 17.4 Å². The molecular formula is C14H17F2NO2. The molecule has 19 heavy (non-hydrogen) atoms. The lowest BCUT2D eigenvalue weighted by Crippen LogP contribution is -2.39. The fraction of sp³-hybridized carbons (Fsp3) is 0.571. The zero-order chi connectivity index (χ0) is 13.3. The summed E-state index contributed by atoms with van der Waals surface area (Å²) in [6.07, 6.45) is 3.25. The predicted octanol–water partition coefficient (Wildman–Crippen LogP) is 3.06. The van der Waals surface area contributed by atoms with Gasteiger partial charge in [-0.15, -0.1) is 0 Å². The average Bonchev–Trinajstić information content (AvgIpc) is 2.86. The van der Waals surface area contributed by atoms with Crippen molar-refractivity contribution in [3.05, 3.63) is 29.8 Å². The largest absolute Gasteiger partial charge is 0.380 e. The van der Waals surface area contributed by atoms with Gasteiger partial charge in [-0.25, -0.2) is 8.78 Å². The van der Waals surface area contributed by atoms with Crippen molar-refractivity contribution in [2.75, 3.05) is 18.5 Å². The molecule has 1 saturated carbocycles. The molecule has 2 aliphatic rings. The first-order valence-electron chi connectivity index (χ1n) is 6.67. The van der Waals surface area contributed by atoms with Crippen molar-refractivity contribution in [1.29, 1.82) is 0 Å². The Hall–Kier alpha value is -1.20. The minimum atomic E-state index is -0.820. The Morgan fingerprint density at radius 1 is 1.11 bits per heavy atom. The monoisotopic (exact) mass is 269 g/mol. The van der Waals surface area contributed by atoms with Gasteiger partial charge in [0.2, 0.25) is 0 Å². The summed E-state index contributed by atoms with van der Waals surface area (Å²) in [7, 11) is 0. The van der Waals surface area contributed by atoms with Crippen LogP contribution in [0.5, 0.6) is 0 Å². The number of hydrogen-bond acceptors (Lipinski definition) is 3. The molecule has 3 nitrogen and oxygen atoms in total. The van der Waals surface area contributed by atoms with Gasteiger partial charge in [-0.3, -0.25) is 0 Å². The standard InChI is InChI=1S/C14H17F2NO2/c15-11-2-1-3-12(13(11)16)17-10-4-6-14(7-5-10)18-8-9-19-14/h1-3,10,17H,4-9H2. The summed E-state index contributed by atoms with van der Waals surface area (Å²) in [6, 6.07) is 4.32. The van der Waals surface area contributed by atoms with E-state index in [1.807, 2.05) is 0 Å². The van der Waals surface area contributed by atoms with Gasteiger partial charge in [-0.05, 0) is 25.0 Å². The first kappa shape index (κ1) is 12.8. The summed E-state index contributed by atoms with van der Waals surface area (Å²) in [5.41, 5.74) is 0.231. The van der Waals surface area contributed by atoms with E-state index >= 15 is 0 Å². The van der Waals surface area contributed by atoms with Gasteiger partial charge in [0.25, 0.3) is 0 Å². The first-order valence-corrected chi connectivity index (χ1v) is 6.67. The molecule has 1 saturated heterocycles. The molecular weight excluding hydrogens is 252 g/mol. The highest BCUT2D eigenvalue weighted by atomic mass is 19.2. The van der Waals surface area contributed by atoms with Gasteiger partial charge in [0.15, 0.2) is 17.4 Å². The number of hydrogen-bond donors (Lipinski definition) is 1. The molecule has 1 N–H and O–H groups in total. The van der Waals surface area contributed by atoms with Crippen molar-refractivity contribution in [3.8, 4) is 0 Å². The minimum Gasteiger partial charge on any atom is -0.380 e. The van der Waals surface area contributed by atoms with Crippen LogP contribution in [-0.2, 0) is 9.47 Å². The third-order valence-electron chi connectivity index (χ3n) is 3.87. The van der Waals surface area contributed by atoms with Crippen LogP contribution in [0.25, 0.3) is 0 Å². The summed E-state index contributed by atoms with van der Waals surface area (Å²) < 4.78 is 38.0. The molecule has 0 atom stereocenters. The molecule has 3 rings (SSSR count). The molecule has 1 spiro atoms. The second-order valence-corrected chi connectivity index (χ2v) is 5.13. The van der Waals surface area contributed by atoms with Crippen molar-refractivity contribution in [2.45, 2.75) is 37.5 Å². The molecule has 1 heterocycles. The summed E-state index contributed by atoms with van der Waals surface area (Å²) in [4.78, 5) is 0. The fourth-order valence-electron chi connectivity index (χ4n) is 2.82. The molecule has 0 radical (unpaired) electrons. The maximum atomic E-state index is 13.6. The molecule has 2 fully saturated rings. The Bertz CT molecular complexity index is 451. The zero-order valence-corrected chi connectivity index (χ0v) is 10.6. The summed E-state index contributed by atoms with van der Waals surface area (Å²) >= 11 is 0. The first-order chi connectivity index (χ1) is 9.19. The predicted molar refractivity (Wildman–Crippen MR) is 66.9 cm³/mol. The van der Waals surface area contributed by atoms with Crippen LogP contribution in [0.3, 0.4) is 0 Å². The maximum absolute atomic E-state index is 13.6. The SMILES string of the molecule is Fc1cccc(NC2CCC3(CC2)OCCO3)c1F. The minimum absolute atomic E-state index is 0.134. The highest BCUT2D eigenvalue weighted by Gasteiger charge is 2.40. The molecule has 5 heteroatoms. The fourth-order valence-corrected chi connectivity index (χ4v) is 2.82. The van der Waals surface area contributed by atoms with Crippen LogP contribution in [0.2, 0.25) is 0 Å². The quantitative estimate of drug-likeness (QED) is 0.895. The topological polar surface area (TPSA) is 30.5 Å². The number of rotatable bonds is 2. The van der Waals surface area contributed by atoms with Crippen LogP contribution in [0.1, 0.15) is 25.7 Å². The van der Waals surface area contributed by atoms with Gasteiger partial charge >= 0.3 is 0 Å². The van der Waals surface area contributed by atoms with Gasteiger partial charge in [-0.1, -0.05) is 6.07 Å². The Kier molecular flexibility index (Phi) is 3.41. The second kappa shape index (κ2) is 5.06. The van der Waals surface area contributed by atoms with E-state index in [-0.39, 0.29) is 11.7 Å². The molecule has 0 amide bonds. The Morgan fingerprint density at radius 2 is 1.79 bits per heavy atom. The number of ether oxygens (including phenoxy) is 2. The lowest BCUT2D eigenvalue weighted by molar-refractivity contribution is -0.177. The molecule has 1 aromatic rings. The summed E-state index contributed by atoms with van der Waals surface area (Å²) in [5, 5.41) is 3.07. The van der Waals surface area contributed by atoms with E-state index in [1.54, 1.807) is 6.07 Å². The van der Waals surface area contributed by atoms with Crippen molar-refractivity contribution in [2.24, 2.45) is 0 Å². The van der Waals surface area contributed by atoms with Crippen LogP contribution in [-0.4, -0.2) is 25.0 Å². The number of halogens is 2. The van der Waals surface area contributed by atoms with E-state index in [1.165, 1.54) is 6.07 Å². The summed E-state index contributed by atoms with van der Waals surface area (Å²) in [6.45, 7) is 1.30. The third-order valence-corrected chi connectivity index (χ3v) is 3.87. The zero-order valence-electron chi connectivity index (χ0n) is 10.6. The highest BCUT2D eigenvalue weighted by molar-refractivity contribution is 5.45. The van der Waals surface area contributed by atoms with Crippen LogP contribution >= 0.6 is 0 Å². The average molecular weight is 269 g/mol. The smallest absolute Gasteiger partial charge is 0.181 e. The van der Waals surface area contributed by atoms with Crippen LogP contribution in [0.4, 0.5) is 14.5 Å². The van der Waals surface area contributed by atoms with Crippen LogP contribution in [0, 0.1) is 11.6 Å². The lowest BCUT2D eigenvalue weighted by atomic mass is 9.90. The lowest BCUT2D eigenvalue weighted by Gasteiger charge is -2.36. The third kappa shape index (κ3) is 2.58. The van der Waals surface area contributed by atoms with Gasteiger partial charge in [-0.2, -0.15) is 0 Å². The van der Waals surface area contributed by atoms with Crippen LogP contribution in [0.15, 0.2) is 18.2 Å². The van der Waals surface area contributed by atoms with Gasteiger partial charge < -0.3 is 14.8 Å². The second-order valence-electron chi connectivity index (χ2n) is 5.13. The van der Waals surface area contributed by atoms with E-state index in [4.69, 9.17) is 9.47 Å². The van der Waals surface area contributed by atoms with Gasteiger partial charge in [0.1, 0.15) is 0 Å².